The number of piperidine rings is 1. The van der Waals surface area contributed by atoms with E-state index in [1.54, 1.807) is 14.1 Å². The molecule has 8 nitrogen and oxygen atoms in total. The van der Waals surface area contributed by atoms with E-state index in [0.717, 1.165) is 48.8 Å². The van der Waals surface area contributed by atoms with Crippen LogP contribution >= 0.6 is 0 Å². The Kier molecular flexibility index (Phi) is 5.05. The second-order valence-electron chi connectivity index (χ2n) is 6.50. The second-order valence-corrected chi connectivity index (χ2v) is 8.65. The Balaban J connectivity index is 1.94. The molecule has 0 unspecified atom stereocenters. The number of nitrogens with one attached hydrogen (secondary N) is 2. The SMILES string of the molecule is CNc1nc(C2CCNCC2)nc2c1CCN(S(=O)(=O)N(C)C)C2. The number of aromatic nitrogens is 2. The summed E-state index contributed by atoms with van der Waals surface area (Å²) in [5.41, 5.74) is 1.87. The van der Waals surface area contributed by atoms with Crippen LogP contribution in [0.25, 0.3) is 0 Å². The monoisotopic (exact) mass is 354 g/mol. The summed E-state index contributed by atoms with van der Waals surface area (Å²) in [4.78, 5) is 9.49. The van der Waals surface area contributed by atoms with Crippen LogP contribution in [0.15, 0.2) is 0 Å². The first-order chi connectivity index (χ1) is 11.4. The highest BCUT2D eigenvalue weighted by molar-refractivity contribution is 7.86. The van der Waals surface area contributed by atoms with Gasteiger partial charge in [-0.15, -0.1) is 0 Å². The van der Waals surface area contributed by atoms with Crippen molar-refractivity contribution in [3.8, 4) is 0 Å². The number of rotatable bonds is 4. The summed E-state index contributed by atoms with van der Waals surface area (Å²) in [5.74, 6) is 2.02. The van der Waals surface area contributed by atoms with E-state index in [2.05, 4.69) is 10.6 Å². The van der Waals surface area contributed by atoms with Crippen LogP contribution < -0.4 is 10.6 Å². The maximum atomic E-state index is 12.4. The van der Waals surface area contributed by atoms with Crippen LogP contribution in [0.5, 0.6) is 0 Å². The number of nitrogens with zero attached hydrogens (tertiary/aromatic N) is 4. The summed E-state index contributed by atoms with van der Waals surface area (Å²) in [6, 6.07) is 0. The van der Waals surface area contributed by atoms with Gasteiger partial charge in [0.2, 0.25) is 0 Å². The number of hydrogen-bond donors (Lipinski definition) is 2. The van der Waals surface area contributed by atoms with Gasteiger partial charge in [-0.1, -0.05) is 0 Å². The first-order valence-corrected chi connectivity index (χ1v) is 9.79. The third-order valence-electron chi connectivity index (χ3n) is 4.78. The maximum Gasteiger partial charge on any atom is 0.281 e. The highest BCUT2D eigenvalue weighted by Crippen LogP contribution is 2.29. The van der Waals surface area contributed by atoms with Crippen molar-refractivity contribution in [3.63, 3.8) is 0 Å². The zero-order valence-corrected chi connectivity index (χ0v) is 15.4. The Labute approximate surface area is 143 Å². The predicted octanol–water partition coefficient (Wildman–Crippen LogP) is 0.150. The quantitative estimate of drug-likeness (QED) is 0.800. The molecule has 3 heterocycles. The van der Waals surface area contributed by atoms with E-state index in [9.17, 15) is 8.42 Å². The minimum atomic E-state index is -3.42. The van der Waals surface area contributed by atoms with Gasteiger partial charge < -0.3 is 10.6 Å². The Bertz CT molecular complexity index is 700. The average Bonchev–Trinajstić information content (AvgIpc) is 2.60. The van der Waals surface area contributed by atoms with Crippen molar-refractivity contribution >= 4 is 16.0 Å². The Morgan fingerprint density at radius 2 is 1.96 bits per heavy atom. The van der Waals surface area contributed by atoms with Gasteiger partial charge in [0.15, 0.2) is 0 Å². The minimum Gasteiger partial charge on any atom is -0.373 e. The topological polar surface area (TPSA) is 90.5 Å². The molecule has 1 fully saturated rings. The molecule has 2 N–H and O–H groups in total. The van der Waals surface area contributed by atoms with Gasteiger partial charge >= 0.3 is 0 Å². The fraction of sp³-hybridized carbons (Fsp3) is 0.733. The van der Waals surface area contributed by atoms with Gasteiger partial charge in [-0.05, 0) is 32.4 Å². The molecule has 0 amide bonds. The summed E-state index contributed by atoms with van der Waals surface area (Å²) < 4.78 is 27.6. The molecule has 1 saturated heterocycles. The van der Waals surface area contributed by atoms with Crippen molar-refractivity contribution in [2.75, 3.05) is 46.1 Å². The average molecular weight is 354 g/mol. The Morgan fingerprint density at radius 1 is 1.25 bits per heavy atom. The van der Waals surface area contributed by atoms with E-state index in [1.165, 1.54) is 8.61 Å². The van der Waals surface area contributed by atoms with Gasteiger partial charge in [-0.2, -0.15) is 17.0 Å². The van der Waals surface area contributed by atoms with Crippen molar-refractivity contribution < 1.29 is 8.42 Å². The highest BCUT2D eigenvalue weighted by atomic mass is 32.2. The fourth-order valence-corrected chi connectivity index (χ4v) is 4.39. The molecule has 2 aliphatic heterocycles. The minimum absolute atomic E-state index is 0.311. The van der Waals surface area contributed by atoms with Crippen molar-refractivity contribution in [3.05, 3.63) is 17.1 Å². The third kappa shape index (κ3) is 3.26. The van der Waals surface area contributed by atoms with Gasteiger partial charge in [0.1, 0.15) is 11.6 Å². The lowest BCUT2D eigenvalue weighted by molar-refractivity contribution is 0.351. The Hall–Kier alpha value is -1.29. The molecule has 0 saturated carbocycles. The van der Waals surface area contributed by atoms with E-state index in [1.807, 2.05) is 7.05 Å². The molecule has 0 atom stereocenters. The van der Waals surface area contributed by atoms with Crippen molar-refractivity contribution in [1.82, 2.24) is 23.9 Å². The van der Waals surface area contributed by atoms with Crippen LogP contribution in [0.1, 0.15) is 35.8 Å². The van der Waals surface area contributed by atoms with Crippen molar-refractivity contribution in [1.29, 1.82) is 0 Å². The third-order valence-corrected chi connectivity index (χ3v) is 6.66. The smallest absolute Gasteiger partial charge is 0.281 e. The van der Waals surface area contributed by atoms with E-state index < -0.39 is 10.2 Å². The predicted molar refractivity (Wildman–Crippen MR) is 93.1 cm³/mol. The van der Waals surface area contributed by atoms with Crippen molar-refractivity contribution in [2.24, 2.45) is 0 Å². The zero-order chi connectivity index (χ0) is 17.3. The zero-order valence-electron chi connectivity index (χ0n) is 14.5. The van der Waals surface area contributed by atoms with Crippen LogP contribution in [0.4, 0.5) is 5.82 Å². The molecule has 0 bridgehead atoms. The van der Waals surface area contributed by atoms with Gasteiger partial charge in [0.25, 0.3) is 10.2 Å². The van der Waals surface area contributed by atoms with Gasteiger partial charge in [-0.3, -0.25) is 0 Å². The molecule has 9 heteroatoms. The van der Waals surface area contributed by atoms with Crippen LogP contribution in [0.3, 0.4) is 0 Å². The molecule has 0 radical (unpaired) electrons. The molecule has 24 heavy (non-hydrogen) atoms. The van der Waals surface area contributed by atoms with Gasteiger partial charge in [0, 0.05) is 39.2 Å². The molecule has 0 aromatic carbocycles. The largest absolute Gasteiger partial charge is 0.373 e. The molecule has 2 aliphatic rings. The van der Waals surface area contributed by atoms with Crippen LogP contribution in [0, 0.1) is 0 Å². The van der Waals surface area contributed by atoms with Gasteiger partial charge in [-0.25, -0.2) is 9.97 Å². The van der Waals surface area contributed by atoms with Crippen molar-refractivity contribution in [2.45, 2.75) is 31.7 Å². The molecular weight excluding hydrogens is 328 g/mol. The normalized spacial score (nSPS) is 20.2. The van der Waals surface area contributed by atoms with Gasteiger partial charge in [0.05, 0.1) is 12.2 Å². The lowest BCUT2D eigenvalue weighted by Gasteiger charge is -2.31. The number of hydrogen-bond acceptors (Lipinski definition) is 6. The number of anilines is 1. The standard InChI is InChI=1S/C15H26N6O2S/c1-16-15-12-6-9-21(24(22,23)20(2)3)10-13(12)18-14(19-15)11-4-7-17-8-5-11/h11,17H,4-10H2,1-3H3,(H,16,18,19). The summed E-state index contributed by atoms with van der Waals surface area (Å²) in [7, 11) is 1.55. The summed E-state index contributed by atoms with van der Waals surface area (Å²) in [6.45, 7) is 2.71. The molecule has 134 valence electrons. The lowest BCUT2D eigenvalue weighted by Crippen LogP contribution is -2.43. The first-order valence-electron chi connectivity index (χ1n) is 8.39. The molecule has 1 aromatic rings. The maximum absolute atomic E-state index is 12.4. The van der Waals surface area contributed by atoms with Crippen LogP contribution in [-0.2, 0) is 23.2 Å². The van der Waals surface area contributed by atoms with E-state index >= 15 is 0 Å². The summed E-state index contributed by atoms with van der Waals surface area (Å²) >= 11 is 0. The van der Waals surface area contributed by atoms with E-state index in [4.69, 9.17) is 9.97 Å². The molecule has 3 rings (SSSR count). The molecule has 0 aliphatic carbocycles. The first kappa shape index (κ1) is 17.5. The van der Waals surface area contributed by atoms with E-state index in [0.29, 0.717) is 25.4 Å². The Morgan fingerprint density at radius 3 is 2.58 bits per heavy atom. The molecule has 0 spiro atoms. The van der Waals surface area contributed by atoms with Crippen LogP contribution in [0.2, 0.25) is 0 Å². The highest BCUT2D eigenvalue weighted by Gasteiger charge is 2.31. The summed E-state index contributed by atoms with van der Waals surface area (Å²) in [5, 5.41) is 6.52. The molecular formula is C15H26N6O2S. The lowest BCUT2D eigenvalue weighted by atomic mass is 9.96. The molecule has 1 aromatic heterocycles. The fourth-order valence-electron chi connectivity index (χ4n) is 3.32. The van der Waals surface area contributed by atoms with Crippen LogP contribution in [-0.4, -0.2) is 67.8 Å². The second kappa shape index (κ2) is 6.91. The van der Waals surface area contributed by atoms with E-state index in [-0.39, 0.29) is 0 Å². The summed E-state index contributed by atoms with van der Waals surface area (Å²) in [6.07, 6.45) is 2.66. The number of fused-ring (bicyclic) bond motifs is 1.